The van der Waals surface area contributed by atoms with Gasteiger partial charge in [0.25, 0.3) is 0 Å². The fourth-order valence-electron chi connectivity index (χ4n) is 1.85. The van der Waals surface area contributed by atoms with Gasteiger partial charge in [0.1, 0.15) is 0 Å². The first-order chi connectivity index (χ1) is 9.77. The number of rotatable bonds is 13. The van der Waals surface area contributed by atoms with Crippen LogP contribution in [0.2, 0.25) is 0 Å². The number of unbranched alkanes of at least 4 members (excludes halogenated alkanes) is 6. The Balaban J connectivity index is 3.27. The topological polar surface area (TPSA) is 37.3 Å². The van der Waals surface area contributed by atoms with Crippen LogP contribution in [0.4, 0.5) is 0 Å². The van der Waals surface area contributed by atoms with Gasteiger partial charge in [-0.15, -0.1) is 0 Å². The Morgan fingerprint density at radius 3 is 1.80 bits per heavy atom. The lowest BCUT2D eigenvalue weighted by Crippen LogP contribution is -1.89. The summed E-state index contributed by atoms with van der Waals surface area (Å²) < 4.78 is 0. The third-order valence-electron chi connectivity index (χ3n) is 3.03. The molecule has 114 valence electrons. The van der Waals surface area contributed by atoms with E-state index in [0.717, 1.165) is 25.7 Å². The molecule has 20 heavy (non-hydrogen) atoms. The number of allylic oxidation sites excluding steroid dienone is 5. The van der Waals surface area contributed by atoms with E-state index >= 15 is 0 Å². The first-order valence-electron chi connectivity index (χ1n) is 7.94. The van der Waals surface area contributed by atoms with Crippen molar-refractivity contribution < 1.29 is 9.90 Å². The number of carbonyl (C=O) groups is 1. The second-order valence-electron chi connectivity index (χ2n) is 5.03. The van der Waals surface area contributed by atoms with Crippen LogP contribution in [0, 0.1) is 0 Å². The third kappa shape index (κ3) is 16.7. The summed E-state index contributed by atoms with van der Waals surface area (Å²) in [7, 11) is 0. The molecule has 0 bridgehead atoms. The Labute approximate surface area is 124 Å². The van der Waals surface area contributed by atoms with Gasteiger partial charge in [0.2, 0.25) is 0 Å². The van der Waals surface area contributed by atoms with E-state index in [9.17, 15) is 4.79 Å². The first kappa shape index (κ1) is 18.7. The van der Waals surface area contributed by atoms with E-state index in [1.165, 1.54) is 32.1 Å². The van der Waals surface area contributed by atoms with Gasteiger partial charge >= 0.3 is 5.97 Å². The highest BCUT2D eigenvalue weighted by molar-refractivity contribution is 5.68. The molecular weight excluding hydrogens is 248 g/mol. The lowest BCUT2D eigenvalue weighted by molar-refractivity contribution is -0.136. The number of aliphatic carboxylic acids is 1. The van der Waals surface area contributed by atoms with Gasteiger partial charge in [0, 0.05) is 0 Å². The van der Waals surface area contributed by atoms with Crippen LogP contribution in [0.25, 0.3) is 0 Å². The van der Waals surface area contributed by atoms with Gasteiger partial charge in [0.05, 0.1) is 6.42 Å². The van der Waals surface area contributed by atoms with Gasteiger partial charge < -0.3 is 5.11 Å². The summed E-state index contributed by atoms with van der Waals surface area (Å²) in [6.45, 7) is 2.23. The van der Waals surface area contributed by atoms with Gasteiger partial charge in [-0.25, -0.2) is 0 Å². The molecule has 0 aromatic carbocycles. The lowest BCUT2D eigenvalue weighted by Gasteiger charge is -1.93. The van der Waals surface area contributed by atoms with E-state index in [0.29, 0.717) is 0 Å². The van der Waals surface area contributed by atoms with Gasteiger partial charge in [-0.2, -0.15) is 0 Å². The zero-order valence-electron chi connectivity index (χ0n) is 12.9. The summed E-state index contributed by atoms with van der Waals surface area (Å²) >= 11 is 0. The van der Waals surface area contributed by atoms with Crippen molar-refractivity contribution in [1.29, 1.82) is 0 Å². The molecule has 0 amide bonds. The predicted molar refractivity (Wildman–Crippen MR) is 86.9 cm³/mol. The number of carboxylic acid groups (broad SMARTS) is 1. The first-order valence-corrected chi connectivity index (χ1v) is 7.94. The van der Waals surface area contributed by atoms with Crippen molar-refractivity contribution >= 4 is 5.97 Å². The minimum absolute atomic E-state index is 0.143. The van der Waals surface area contributed by atoms with Crippen molar-refractivity contribution in [2.24, 2.45) is 0 Å². The van der Waals surface area contributed by atoms with E-state index in [2.05, 4.69) is 31.2 Å². The molecule has 0 heterocycles. The Morgan fingerprint density at radius 2 is 1.30 bits per heavy atom. The highest BCUT2D eigenvalue weighted by atomic mass is 16.4. The van der Waals surface area contributed by atoms with Crippen molar-refractivity contribution in [2.45, 2.75) is 71.1 Å². The van der Waals surface area contributed by atoms with Gasteiger partial charge in [-0.3, -0.25) is 4.79 Å². The van der Waals surface area contributed by atoms with E-state index < -0.39 is 5.97 Å². The van der Waals surface area contributed by atoms with Crippen LogP contribution < -0.4 is 0 Å². The van der Waals surface area contributed by atoms with Gasteiger partial charge in [-0.1, -0.05) is 56.2 Å². The molecule has 0 aliphatic rings. The number of hydrogen-bond donors (Lipinski definition) is 1. The molecule has 0 aliphatic carbocycles. The van der Waals surface area contributed by atoms with Crippen molar-refractivity contribution in [1.82, 2.24) is 0 Å². The molecule has 0 atom stereocenters. The Bertz CT molecular complexity index is 301. The van der Waals surface area contributed by atoms with Crippen LogP contribution in [0.5, 0.6) is 0 Å². The van der Waals surface area contributed by atoms with Crippen LogP contribution >= 0.6 is 0 Å². The smallest absolute Gasteiger partial charge is 0.307 e. The molecule has 2 heteroatoms. The molecule has 1 N–H and O–H groups in total. The van der Waals surface area contributed by atoms with Gasteiger partial charge in [-0.05, 0) is 44.9 Å². The highest BCUT2D eigenvalue weighted by Crippen LogP contribution is 2.04. The molecule has 0 saturated carbocycles. The molecule has 2 nitrogen and oxygen atoms in total. The largest absolute Gasteiger partial charge is 0.481 e. The standard InChI is InChI=1S/C18H30O2/c1-2-3-4-5-6-7-8-9-10-11-12-13-14-15-16-17-18(19)20/h6-7,9-10,15-16H,2-5,8,11-14,17H2,1H3,(H,19,20). The quantitative estimate of drug-likeness (QED) is 0.348. The van der Waals surface area contributed by atoms with Crippen LogP contribution in [0.3, 0.4) is 0 Å². The Hall–Kier alpha value is -1.31. The van der Waals surface area contributed by atoms with Crippen LogP contribution in [-0.4, -0.2) is 11.1 Å². The molecule has 0 rings (SSSR count). The van der Waals surface area contributed by atoms with E-state index in [1.54, 1.807) is 6.08 Å². The molecule has 0 radical (unpaired) electrons. The maximum Gasteiger partial charge on any atom is 0.307 e. The van der Waals surface area contributed by atoms with Crippen molar-refractivity contribution in [3.8, 4) is 0 Å². The van der Waals surface area contributed by atoms with Crippen molar-refractivity contribution in [2.75, 3.05) is 0 Å². The van der Waals surface area contributed by atoms with E-state index in [1.807, 2.05) is 6.08 Å². The summed E-state index contributed by atoms with van der Waals surface area (Å²) in [6.07, 6.45) is 23.5. The normalized spacial score (nSPS) is 12.1. The fourth-order valence-corrected chi connectivity index (χ4v) is 1.85. The average Bonchev–Trinajstić information content (AvgIpc) is 2.43. The predicted octanol–water partition coefficient (Wildman–Crippen LogP) is 5.66. The molecule has 0 unspecified atom stereocenters. The number of carboxylic acids is 1. The fraction of sp³-hybridized carbons (Fsp3) is 0.611. The summed E-state index contributed by atoms with van der Waals surface area (Å²) in [5.41, 5.74) is 0. The Kier molecular flexibility index (Phi) is 14.7. The molecule has 0 aromatic rings. The van der Waals surface area contributed by atoms with Crippen LogP contribution in [-0.2, 0) is 4.79 Å². The zero-order valence-corrected chi connectivity index (χ0v) is 12.9. The second kappa shape index (κ2) is 15.7. The number of hydrogen-bond acceptors (Lipinski definition) is 1. The lowest BCUT2D eigenvalue weighted by atomic mass is 10.1. The minimum Gasteiger partial charge on any atom is -0.481 e. The van der Waals surface area contributed by atoms with Crippen LogP contribution in [0.15, 0.2) is 36.5 Å². The monoisotopic (exact) mass is 278 g/mol. The minimum atomic E-state index is -0.757. The molecule has 0 spiro atoms. The summed E-state index contributed by atoms with van der Waals surface area (Å²) in [4.78, 5) is 10.3. The van der Waals surface area contributed by atoms with Crippen molar-refractivity contribution in [3.05, 3.63) is 36.5 Å². The maximum atomic E-state index is 10.3. The molecule has 0 aliphatic heterocycles. The second-order valence-corrected chi connectivity index (χ2v) is 5.03. The average molecular weight is 278 g/mol. The van der Waals surface area contributed by atoms with Crippen molar-refractivity contribution in [3.63, 3.8) is 0 Å². The summed E-state index contributed by atoms with van der Waals surface area (Å²) in [5, 5.41) is 8.45. The SMILES string of the molecule is CCCCCC=CCC=CCCCCC=CCC(=O)O. The third-order valence-corrected chi connectivity index (χ3v) is 3.03. The van der Waals surface area contributed by atoms with E-state index in [4.69, 9.17) is 5.11 Å². The molecule has 0 saturated heterocycles. The van der Waals surface area contributed by atoms with Gasteiger partial charge in [0.15, 0.2) is 0 Å². The zero-order chi connectivity index (χ0) is 14.9. The summed E-state index contributed by atoms with van der Waals surface area (Å²) in [6, 6.07) is 0. The van der Waals surface area contributed by atoms with E-state index in [-0.39, 0.29) is 6.42 Å². The highest BCUT2D eigenvalue weighted by Gasteiger charge is 1.89. The molecular formula is C18H30O2. The summed E-state index contributed by atoms with van der Waals surface area (Å²) in [5.74, 6) is -0.757. The van der Waals surface area contributed by atoms with Crippen LogP contribution in [0.1, 0.15) is 71.1 Å². The molecule has 0 aromatic heterocycles. The maximum absolute atomic E-state index is 10.3. The molecule has 0 fully saturated rings. The Morgan fingerprint density at radius 1 is 0.800 bits per heavy atom.